The summed E-state index contributed by atoms with van der Waals surface area (Å²) in [5.74, 6) is 2.82. The Morgan fingerprint density at radius 1 is 0.805 bits per heavy atom. The molecule has 0 unspecified atom stereocenters. The summed E-state index contributed by atoms with van der Waals surface area (Å²) in [6, 6.07) is 15.7. The Kier molecular flexibility index (Phi) is 7.56. The fraction of sp³-hybridized carbons (Fsp3) is 0.207. The molecule has 2 heterocycles. The molecule has 41 heavy (non-hydrogen) atoms. The van der Waals surface area contributed by atoms with E-state index in [9.17, 15) is 13.2 Å². The maximum absolute atomic E-state index is 13.0. The van der Waals surface area contributed by atoms with Crippen molar-refractivity contribution in [1.82, 2.24) is 19.5 Å². The lowest BCUT2D eigenvalue weighted by Crippen LogP contribution is -2.06. The molecular weight excluding hydrogens is 539 g/mol. The second-order valence-electron chi connectivity index (χ2n) is 8.90. The van der Waals surface area contributed by atoms with Crippen LogP contribution >= 0.6 is 0 Å². The van der Waals surface area contributed by atoms with Crippen LogP contribution in [0, 0.1) is 0 Å². The number of nitrogens with zero attached hydrogens (tertiary/aromatic N) is 4. The van der Waals surface area contributed by atoms with Gasteiger partial charge in [-0.3, -0.25) is 0 Å². The number of nitrogens with one attached hydrogen (secondary N) is 1. The van der Waals surface area contributed by atoms with E-state index in [1.54, 1.807) is 42.3 Å². The lowest BCUT2D eigenvalue weighted by atomic mass is 10.1. The van der Waals surface area contributed by atoms with Gasteiger partial charge in [0.2, 0.25) is 5.75 Å². The zero-order valence-electron chi connectivity index (χ0n) is 22.6. The second-order valence-corrected chi connectivity index (χ2v) is 8.90. The van der Waals surface area contributed by atoms with Crippen molar-refractivity contribution in [2.45, 2.75) is 12.7 Å². The number of hydrogen-bond acceptors (Lipinski definition) is 8. The van der Waals surface area contributed by atoms with Gasteiger partial charge in [0, 0.05) is 23.4 Å². The second kappa shape index (κ2) is 11.2. The van der Waals surface area contributed by atoms with E-state index in [-0.39, 0.29) is 6.54 Å². The van der Waals surface area contributed by atoms with Gasteiger partial charge in [0.1, 0.15) is 5.75 Å². The van der Waals surface area contributed by atoms with E-state index in [0.29, 0.717) is 57.1 Å². The first-order valence-corrected chi connectivity index (χ1v) is 12.3. The van der Waals surface area contributed by atoms with Gasteiger partial charge < -0.3 is 28.8 Å². The van der Waals surface area contributed by atoms with Gasteiger partial charge in [0.25, 0.3) is 0 Å². The maximum atomic E-state index is 13.0. The predicted octanol–water partition coefficient (Wildman–Crippen LogP) is 6.34. The number of aromatic nitrogens is 4. The topological polar surface area (TPSA) is 92.5 Å². The highest BCUT2D eigenvalue weighted by Crippen LogP contribution is 2.41. The zero-order valence-corrected chi connectivity index (χ0v) is 22.6. The highest BCUT2D eigenvalue weighted by atomic mass is 19.4. The van der Waals surface area contributed by atoms with Crippen molar-refractivity contribution >= 4 is 22.7 Å². The molecule has 5 aromatic rings. The average molecular weight is 566 g/mol. The third-order valence-electron chi connectivity index (χ3n) is 6.37. The van der Waals surface area contributed by atoms with E-state index in [1.807, 2.05) is 12.1 Å². The van der Waals surface area contributed by atoms with Crippen molar-refractivity contribution in [3.63, 3.8) is 0 Å². The molecule has 0 fully saturated rings. The lowest BCUT2D eigenvalue weighted by molar-refractivity contribution is -0.137. The third-order valence-corrected chi connectivity index (χ3v) is 6.37. The van der Waals surface area contributed by atoms with Crippen molar-refractivity contribution in [3.05, 3.63) is 78.1 Å². The Balaban J connectivity index is 1.60. The molecule has 3 aromatic carbocycles. The summed E-state index contributed by atoms with van der Waals surface area (Å²) in [5.41, 5.74) is 2.21. The number of methoxy groups -OCH3 is 4. The summed E-state index contributed by atoms with van der Waals surface area (Å²) in [6.07, 6.45) is -2.83. The van der Waals surface area contributed by atoms with Crippen LogP contribution < -0.4 is 24.3 Å². The smallest absolute Gasteiger partial charge is 0.416 e. The number of hydrogen-bond donors (Lipinski definition) is 1. The number of halogens is 3. The molecule has 0 aliphatic rings. The van der Waals surface area contributed by atoms with Crippen LogP contribution in [-0.4, -0.2) is 48.0 Å². The van der Waals surface area contributed by atoms with Crippen LogP contribution in [0.2, 0.25) is 0 Å². The van der Waals surface area contributed by atoms with Gasteiger partial charge in [-0.25, -0.2) is 15.0 Å². The fourth-order valence-electron chi connectivity index (χ4n) is 4.30. The minimum atomic E-state index is -4.41. The SMILES string of the molecule is COc1ccc(-c2nc(Nc3cc(OC)c(OC)c(OC)c3)c3ncn(Cc4ccc(C(F)(F)F)cc4)c3n2)cc1. The minimum absolute atomic E-state index is 0.247. The first-order chi connectivity index (χ1) is 19.7. The first kappa shape index (κ1) is 27.6. The molecule has 0 bridgehead atoms. The summed E-state index contributed by atoms with van der Waals surface area (Å²) in [5, 5.41) is 3.29. The Labute approximate surface area is 233 Å². The lowest BCUT2D eigenvalue weighted by Gasteiger charge is -2.15. The maximum Gasteiger partial charge on any atom is 0.416 e. The van der Waals surface area contributed by atoms with Gasteiger partial charge in [-0.05, 0) is 42.0 Å². The summed E-state index contributed by atoms with van der Waals surface area (Å²) in [6.45, 7) is 0.247. The number of alkyl halides is 3. The van der Waals surface area contributed by atoms with Crippen LogP contribution in [0.3, 0.4) is 0 Å². The Bertz CT molecular complexity index is 1640. The van der Waals surface area contributed by atoms with Gasteiger partial charge in [-0.1, -0.05) is 12.1 Å². The Hall–Kier alpha value is -5.00. The van der Waals surface area contributed by atoms with Gasteiger partial charge in [-0.2, -0.15) is 13.2 Å². The average Bonchev–Trinajstić information content (AvgIpc) is 3.39. The van der Waals surface area contributed by atoms with E-state index in [2.05, 4.69) is 10.3 Å². The molecule has 0 spiro atoms. The number of anilines is 2. The van der Waals surface area contributed by atoms with Crippen LogP contribution in [0.1, 0.15) is 11.1 Å². The van der Waals surface area contributed by atoms with E-state index in [0.717, 1.165) is 17.7 Å². The number of rotatable bonds is 9. The molecule has 5 rings (SSSR count). The van der Waals surface area contributed by atoms with Crippen LogP contribution in [0.4, 0.5) is 24.7 Å². The molecule has 2 aromatic heterocycles. The molecule has 0 saturated carbocycles. The summed E-state index contributed by atoms with van der Waals surface area (Å²) in [7, 11) is 6.14. The zero-order chi connectivity index (χ0) is 29.1. The minimum Gasteiger partial charge on any atom is -0.497 e. The normalized spacial score (nSPS) is 11.4. The summed E-state index contributed by atoms with van der Waals surface area (Å²) < 4.78 is 62.6. The molecule has 9 nitrogen and oxygen atoms in total. The molecule has 0 aliphatic heterocycles. The summed E-state index contributed by atoms with van der Waals surface area (Å²) >= 11 is 0. The van der Waals surface area contributed by atoms with Crippen molar-refractivity contribution in [1.29, 1.82) is 0 Å². The molecule has 12 heteroatoms. The molecule has 1 N–H and O–H groups in total. The van der Waals surface area contributed by atoms with Crippen molar-refractivity contribution in [3.8, 4) is 34.4 Å². The molecule has 212 valence electrons. The third kappa shape index (κ3) is 5.67. The van der Waals surface area contributed by atoms with Crippen LogP contribution in [-0.2, 0) is 12.7 Å². The fourth-order valence-corrected chi connectivity index (χ4v) is 4.30. The largest absolute Gasteiger partial charge is 0.497 e. The highest BCUT2D eigenvalue weighted by molar-refractivity contribution is 5.88. The quantitative estimate of drug-likeness (QED) is 0.221. The van der Waals surface area contributed by atoms with Crippen molar-refractivity contribution in [2.24, 2.45) is 0 Å². The van der Waals surface area contributed by atoms with Crippen LogP contribution in [0.5, 0.6) is 23.0 Å². The van der Waals surface area contributed by atoms with Crippen molar-refractivity contribution in [2.75, 3.05) is 33.8 Å². The Morgan fingerprint density at radius 3 is 2.02 bits per heavy atom. The van der Waals surface area contributed by atoms with Gasteiger partial charge in [0.05, 0.1) is 46.9 Å². The molecular formula is C29H26F3N5O4. The van der Waals surface area contributed by atoms with E-state index < -0.39 is 11.7 Å². The molecule has 0 amide bonds. The highest BCUT2D eigenvalue weighted by Gasteiger charge is 2.30. The number of benzene rings is 3. The number of imidazole rings is 1. The molecule has 0 aliphatic carbocycles. The molecule has 0 saturated heterocycles. The van der Waals surface area contributed by atoms with Crippen LogP contribution in [0.15, 0.2) is 67.0 Å². The summed E-state index contributed by atoms with van der Waals surface area (Å²) in [4.78, 5) is 14.1. The monoisotopic (exact) mass is 565 g/mol. The predicted molar refractivity (Wildman–Crippen MR) is 147 cm³/mol. The van der Waals surface area contributed by atoms with E-state index >= 15 is 0 Å². The van der Waals surface area contributed by atoms with Gasteiger partial charge in [0.15, 0.2) is 34.3 Å². The number of fused-ring (bicyclic) bond motifs is 1. The standard InChI is InChI=1S/C29H26F3N5O4/c1-38-21-11-7-18(8-12-21)26-35-27(34-20-13-22(39-2)25(41-4)23(14-20)40-3)24-28(36-26)37(16-33-24)15-17-5-9-19(10-6-17)29(30,31)32/h5-14,16H,15H2,1-4H3,(H,34,35,36). The number of ether oxygens (including phenoxy) is 4. The van der Waals surface area contributed by atoms with E-state index in [4.69, 9.17) is 28.9 Å². The Morgan fingerprint density at radius 2 is 1.46 bits per heavy atom. The van der Waals surface area contributed by atoms with E-state index in [1.165, 1.54) is 33.5 Å². The molecule has 0 radical (unpaired) electrons. The van der Waals surface area contributed by atoms with Crippen molar-refractivity contribution < 1.29 is 32.1 Å². The first-order valence-electron chi connectivity index (χ1n) is 12.3. The van der Waals surface area contributed by atoms with Crippen LogP contribution in [0.25, 0.3) is 22.6 Å². The van der Waals surface area contributed by atoms with Gasteiger partial charge >= 0.3 is 6.18 Å². The van der Waals surface area contributed by atoms with Gasteiger partial charge in [-0.15, -0.1) is 0 Å². The molecule has 0 atom stereocenters.